The van der Waals surface area contributed by atoms with Gasteiger partial charge >= 0.3 is 0 Å². The van der Waals surface area contributed by atoms with Gasteiger partial charge in [-0.3, -0.25) is 9.78 Å². The van der Waals surface area contributed by atoms with E-state index in [0.29, 0.717) is 26.1 Å². The fourth-order valence-electron chi connectivity index (χ4n) is 2.82. The van der Waals surface area contributed by atoms with E-state index in [4.69, 9.17) is 4.74 Å². The number of benzene rings is 1. The average Bonchev–Trinajstić information content (AvgIpc) is 2.65. The maximum atomic E-state index is 12.1. The third-order valence-electron chi connectivity index (χ3n) is 4.14. The van der Waals surface area contributed by atoms with Gasteiger partial charge < -0.3 is 20.1 Å². The predicted molar refractivity (Wildman–Crippen MR) is 93.4 cm³/mol. The van der Waals surface area contributed by atoms with E-state index in [1.54, 1.807) is 18.6 Å². The van der Waals surface area contributed by atoms with Crippen LogP contribution in [0.3, 0.4) is 0 Å². The molecule has 0 saturated carbocycles. The van der Waals surface area contributed by atoms with Crippen LogP contribution in [0.1, 0.15) is 12.8 Å². The number of carbonyl (C=O) groups excluding carboxylic acids is 1. The summed E-state index contributed by atoms with van der Waals surface area (Å²) in [6, 6.07) is 9.13. The highest BCUT2D eigenvalue weighted by molar-refractivity contribution is 5.76. The zero-order chi connectivity index (χ0) is 17.5. The molecule has 1 fully saturated rings. The number of amides is 1. The minimum absolute atomic E-state index is 0.118. The van der Waals surface area contributed by atoms with Gasteiger partial charge in [-0.05, 0) is 18.6 Å². The molecule has 132 valence electrons. The van der Waals surface area contributed by atoms with Crippen LogP contribution in [0.4, 0.5) is 5.82 Å². The van der Waals surface area contributed by atoms with Gasteiger partial charge in [0.25, 0.3) is 0 Å². The molecule has 0 aliphatic carbocycles. The summed E-state index contributed by atoms with van der Waals surface area (Å²) in [5.74, 6) is 1.36. The van der Waals surface area contributed by atoms with Crippen LogP contribution in [0.2, 0.25) is 0 Å². The highest BCUT2D eigenvalue weighted by atomic mass is 16.5. The molecule has 2 heterocycles. The van der Waals surface area contributed by atoms with Crippen LogP contribution in [-0.4, -0.2) is 52.8 Å². The Labute approximate surface area is 146 Å². The van der Waals surface area contributed by atoms with E-state index < -0.39 is 6.10 Å². The number of ether oxygens (including phenoxy) is 1. The Morgan fingerprint density at radius 2 is 2.16 bits per heavy atom. The molecule has 1 aliphatic heterocycles. The summed E-state index contributed by atoms with van der Waals surface area (Å²) >= 11 is 0. The number of β-amino-alcohol motifs (C(OH)–C–C–N with tert-alkyl or cyclic N) is 1. The third-order valence-corrected chi connectivity index (χ3v) is 4.14. The van der Waals surface area contributed by atoms with Crippen molar-refractivity contribution in [1.82, 2.24) is 15.3 Å². The highest BCUT2D eigenvalue weighted by Gasteiger charge is 2.29. The van der Waals surface area contributed by atoms with Crippen LogP contribution in [0, 0.1) is 0 Å². The lowest BCUT2D eigenvalue weighted by molar-refractivity contribution is -0.123. The number of anilines is 1. The Balaban J connectivity index is 1.42. The first-order valence-corrected chi connectivity index (χ1v) is 8.38. The first-order valence-electron chi connectivity index (χ1n) is 8.38. The molecule has 0 spiro atoms. The number of hydrogen-bond acceptors (Lipinski definition) is 6. The molecule has 1 saturated heterocycles. The molecule has 0 bridgehead atoms. The molecule has 2 aromatic rings. The van der Waals surface area contributed by atoms with Gasteiger partial charge in [0.05, 0.1) is 31.4 Å². The van der Waals surface area contributed by atoms with Crippen LogP contribution in [0.25, 0.3) is 0 Å². The number of piperidine rings is 1. The Morgan fingerprint density at radius 3 is 2.88 bits per heavy atom. The summed E-state index contributed by atoms with van der Waals surface area (Å²) in [5, 5.41) is 13.2. The summed E-state index contributed by atoms with van der Waals surface area (Å²) < 4.78 is 5.52. The molecule has 7 nitrogen and oxygen atoms in total. The van der Waals surface area contributed by atoms with Crippen LogP contribution >= 0.6 is 0 Å². The molecule has 7 heteroatoms. The van der Waals surface area contributed by atoms with Crippen LogP contribution in [0.15, 0.2) is 48.9 Å². The minimum atomic E-state index is -0.644. The van der Waals surface area contributed by atoms with Gasteiger partial charge in [-0.15, -0.1) is 0 Å². The molecular formula is C18H22N4O3. The van der Waals surface area contributed by atoms with E-state index in [0.717, 1.165) is 11.6 Å². The fourth-order valence-corrected chi connectivity index (χ4v) is 2.82. The molecule has 25 heavy (non-hydrogen) atoms. The summed E-state index contributed by atoms with van der Waals surface area (Å²) in [7, 11) is 0. The molecule has 2 N–H and O–H groups in total. The molecular weight excluding hydrogens is 320 g/mol. The Hall–Kier alpha value is -2.67. The van der Waals surface area contributed by atoms with Gasteiger partial charge in [0, 0.05) is 25.5 Å². The topological polar surface area (TPSA) is 87.6 Å². The molecule has 1 aromatic heterocycles. The molecule has 3 rings (SSSR count). The second-order valence-corrected chi connectivity index (χ2v) is 5.95. The van der Waals surface area contributed by atoms with Gasteiger partial charge in [0.2, 0.25) is 5.91 Å². The Morgan fingerprint density at radius 1 is 1.32 bits per heavy atom. The zero-order valence-corrected chi connectivity index (χ0v) is 13.9. The van der Waals surface area contributed by atoms with E-state index in [1.807, 2.05) is 35.2 Å². The van der Waals surface area contributed by atoms with Crippen molar-refractivity contribution >= 4 is 11.7 Å². The van der Waals surface area contributed by atoms with Crippen molar-refractivity contribution in [2.45, 2.75) is 25.0 Å². The van der Waals surface area contributed by atoms with Gasteiger partial charge in [-0.25, -0.2) is 4.98 Å². The lowest BCUT2D eigenvalue weighted by Crippen LogP contribution is -2.54. The fraction of sp³-hybridized carbons (Fsp3) is 0.389. The van der Waals surface area contributed by atoms with Crippen molar-refractivity contribution in [2.24, 2.45) is 0 Å². The highest BCUT2D eigenvalue weighted by Crippen LogP contribution is 2.17. The normalized spacial score (nSPS) is 20.1. The van der Waals surface area contributed by atoms with Gasteiger partial charge in [-0.2, -0.15) is 0 Å². The number of carbonyl (C=O) groups is 1. The lowest BCUT2D eigenvalue weighted by atomic mass is 10.0. The largest absolute Gasteiger partial charge is 0.493 e. The minimum Gasteiger partial charge on any atom is -0.493 e. The Kier molecular flexibility index (Phi) is 5.79. The summed E-state index contributed by atoms with van der Waals surface area (Å²) in [6.45, 7) is 1.44. The van der Waals surface area contributed by atoms with E-state index in [9.17, 15) is 9.90 Å². The number of rotatable bonds is 6. The van der Waals surface area contributed by atoms with E-state index in [-0.39, 0.29) is 18.4 Å². The summed E-state index contributed by atoms with van der Waals surface area (Å²) in [6.07, 6.45) is 5.18. The predicted octanol–water partition coefficient (Wildman–Crippen LogP) is 1.00. The van der Waals surface area contributed by atoms with E-state index in [2.05, 4.69) is 15.3 Å². The number of nitrogens with zero attached hydrogens (tertiary/aromatic N) is 3. The number of aromatic nitrogens is 2. The number of aliphatic hydroxyl groups is 1. The zero-order valence-electron chi connectivity index (χ0n) is 13.9. The van der Waals surface area contributed by atoms with Gasteiger partial charge in [-0.1, -0.05) is 18.2 Å². The maximum Gasteiger partial charge on any atom is 0.223 e. The van der Waals surface area contributed by atoms with Crippen LogP contribution in [-0.2, 0) is 4.79 Å². The lowest BCUT2D eigenvalue weighted by Gasteiger charge is -2.36. The molecule has 0 radical (unpaired) electrons. The standard InChI is InChI=1S/C18H22N4O3/c23-16-13-22(17-12-19-8-9-20-17)10-6-15(16)21-18(24)7-11-25-14-4-2-1-3-5-14/h1-5,8-9,12,15-16,23H,6-7,10-11,13H2,(H,21,24)/t15-,16-/m1/s1. The van der Waals surface area contributed by atoms with Crippen molar-refractivity contribution in [3.05, 3.63) is 48.9 Å². The maximum absolute atomic E-state index is 12.1. The van der Waals surface area contributed by atoms with Crippen molar-refractivity contribution < 1.29 is 14.6 Å². The van der Waals surface area contributed by atoms with Crippen molar-refractivity contribution in [3.63, 3.8) is 0 Å². The third kappa shape index (κ3) is 4.90. The summed E-state index contributed by atoms with van der Waals surface area (Å²) in [5.41, 5.74) is 0. The van der Waals surface area contributed by atoms with Crippen LogP contribution in [0.5, 0.6) is 5.75 Å². The number of para-hydroxylation sites is 1. The first-order chi connectivity index (χ1) is 12.2. The number of aliphatic hydroxyl groups excluding tert-OH is 1. The smallest absolute Gasteiger partial charge is 0.223 e. The van der Waals surface area contributed by atoms with Crippen molar-refractivity contribution in [3.8, 4) is 5.75 Å². The van der Waals surface area contributed by atoms with Crippen molar-refractivity contribution in [2.75, 3.05) is 24.6 Å². The molecule has 1 amide bonds. The number of nitrogens with one attached hydrogen (secondary N) is 1. The second-order valence-electron chi connectivity index (χ2n) is 5.95. The Bertz CT molecular complexity index is 669. The number of hydrogen-bond donors (Lipinski definition) is 2. The first kappa shape index (κ1) is 17.2. The molecule has 2 atom stereocenters. The van der Waals surface area contributed by atoms with E-state index >= 15 is 0 Å². The second kappa shape index (κ2) is 8.43. The SMILES string of the molecule is O=C(CCOc1ccccc1)N[C@@H]1CCN(c2cnccn2)C[C@H]1O. The molecule has 1 aromatic carbocycles. The van der Waals surface area contributed by atoms with Crippen molar-refractivity contribution in [1.29, 1.82) is 0 Å². The van der Waals surface area contributed by atoms with Gasteiger partial charge in [0.1, 0.15) is 11.6 Å². The summed E-state index contributed by atoms with van der Waals surface area (Å²) in [4.78, 5) is 22.3. The average molecular weight is 342 g/mol. The molecule has 1 aliphatic rings. The van der Waals surface area contributed by atoms with E-state index in [1.165, 1.54) is 0 Å². The molecule has 0 unspecified atom stereocenters. The monoisotopic (exact) mass is 342 g/mol. The van der Waals surface area contributed by atoms with Gasteiger partial charge in [0.15, 0.2) is 0 Å². The quantitative estimate of drug-likeness (QED) is 0.814. The van der Waals surface area contributed by atoms with Crippen LogP contribution < -0.4 is 15.0 Å².